The van der Waals surface area contributed by atoms with E-state index in [2.05, 4.69) is 48.5 Å². The zero-order chi connectivity index (χ0) is 73.7. The number of esters is 4. The summed E-state index contributed by atoms with van der Waals surface area (Å²) in [6, 6.07) is 0. The zero-order valence-electron chi connectivity index (χ0n) is 65.7. The first-order valence-corrected chi connectivity index (χ1v) is 44.8. The summed E-state index contributed by atoms with van der Waals surface area (Å²) < 4.78 is 68.7. The number of unbranched alkanes of at least 4 members (excludes halogenated alkanes) is 47. The molecule has 0 spiro atoms. The van der Waals surface area contributed by atoms with Gasteiger partial charge in [0.05, 0.1) is 26.4 Å². The van der Waals surface area contributed by atoms with Gasteiger partial charge in [-0.2, -0.15) is 0 Å². The summed E-state index contributed by atoms with van der Waals surface area (Å²) >= 11 is 0. The molecule has 0 rings (SSSR count). The third-order valence-electron chi connectivity index (χ3n) is 18.9. The quantitative estimate of drug-likeness (QED) is 0.0222. The predicted molar refractivity (Wildman–Crippen MR) is 409 cm³/mol. The van der Waals surface area contributed by atoms with E-state index in [1.807, 2.05) is 0 Å². The Morgan fingerprint density at radius 1 is 0.270 bits per heavy atom. The molecule has 0 aromatic rings. The van der Waals surface area contributed by atoms with Crippen LogP contribution in [0.5, 0.6) is 0 Å². The molecule has 0 amide bonds. The van der Waals surface area contributed by atoms with Crippen LogP contribution in [0, 0.1) is 17.8 Å². The molecule has 0 aliphatic heterocycles. The molecule has 2 unspecified atom stereocenters. The lowest BCUT2D eigenvalue weighted by atomic mass is 10.0. The van der Waals surface area contributed by atoms with Crippen molar-refractivity contribution in [2.75, 3.05) is 39.6 Å². The van der Waals surface area contributed by atoms with Gasteiger partial charge < -0.3 is 33.8 Å². The molecule has 0 heterocycles. The molecule has 0 aliphatic rings. The molecule has 0 bridgehead atoms. The molecule has 5 atom stereocenters. The highest BCUT2D eigenvalue weighted by molar-refractivity contribution is 7.47. The highest BCUT2D eigenvalue weighted by Gasteiger charge is 2.30. The molecule has 0 radical (unpaired) electrons. The number of phosphoric acid groups is 2. The molecule has 0 fully saturated rings. The van der Waals surface area contributed by atoms with Crippen LogP contribution in [-0.2, 0) is 65.4 Å². The van der Waals surface area contributed by atoms with Crippen molar-refractivity contribution < 1.29 is 80.2 Å². The van der Waals surface area contributed by atoms with Crippen LogP contribution in [0.15, 0.2) is 0 Å². The second kappa shape index (κ2) is 71.3. The molecular weight excluding hydrogens is 1310 g/mol. The Morgan fingerprint density at radius 3 is 0.680 bits per heavy atom. The zero-order valence-corrected chi connectivity index (χ0v) is 67.5. The second-order valence-corrected chi connectivity index (χ2v) is 33.5. The van der Waals surface area contributed by atoms with Gasteiger partial charge in [0.15, 0.2) is 12.2 Å². The summed E-state index contributed by atoms with van der Waals surface area (Å²) in [6.45, 7) is 11.9. The average molecular weight is 1470 g/mol. The van der Waals surface area contributed by atoms with Gasteiger partial charge in [0, 0.05) is 25.7 Å². The third kappa shape index (κ3) is 74.3. The number of aliphatic hydroxyl groups excluding tert-OH is 1. The monoisotopic (exact) mass is 1470 g/mol. The molecule has 0 aromatic heterocycles. The lowest BCUT2D eigenvalue weighted by Gasteiger charge is -2.21. The van der Waals surface area contributed by atoms with Crippen molar-refractivity contribution in [3.05, 3.63) is 0 Å². The number of aliphatic hydroxyl groups is 1. The maximum Gasteiger partial charge on any atom is 0.472 e. The fraction of sp³-hybridized carbons (Fsp3) is 0.951. The van der Waals surface area contributed by atoms with E-state index in [-0.39, 0.29) is 25.7 Å². The molecule has 100 heavy (non-hydrogen) atoms. The molecule has 19 heteroatoms. The highest BCUT2D eigenvalue weighted by atomic mass is 31.2. The maximum atomic E-state index is 13.1. The Morgan fingerprint density at radius 2 is 0.460 bits per heavy atom. The summed E-state index contributed by atoms with van der Waals surface area (Å²) in [5.74, 6) is 0.152. The Balaban J connectivity index is 5.21. The molecule has 0 aromatic carbocycles. The Hall–Kier alpha value is -1.94. The molecule has 0 aliphatic carbocycles. The summed E-state index contributed by atoms with van der Waals surface area (Å²) in [4.78, 5) is 73.0. The molecule has 17 nitrogen and oxygen atoms in total. The van der Waals surface area contributed by atoms with Crippen LogP contribution in [0.4, 0.5) is 0 Å². The first-order valence-electron chi connectivity index (χ1n) is 41.8. The van der Waals surface area contributed by atoms with E-state index in [1.54, 1.807) is 0 Å². The minimum absolute atomic E-state index is 0.105. The fourth-order valence-corrected chi connectivity index (χ4v) is 14.1. The maximum absolute atomic E-state index is 13.1. The van der Waals surface area contributed by atoms with Gasteiger partial charge in [-0.05, 0) is 43.4 Å². The fourth-order valence-electron chi connectivity index (χ4n) is 12.5. The van der Waals surface area contributed by atoms with Gasteiger partial charge in [0.25, 0.3) is 0 Å². The molecule has 594 valence electrons. The number of hydrogen-bond acceptors (Lipinski definition) is 15. The first-order chi connectivity index (χ1) is 48.2. The summed E-state index contributed by atoms with van der Waals surface area (Å²) in [7, 11) is -9.92. The minimum Gasteiger partial charge on any atom is -0.462 e. The van der Waals surface area contributed by atoms with Crippen LogP contribution in [0.25, 0.3) is 0 Å². The van der Waals surface area contributed by atoms with Gasteiger partial charge in [0.1, 0.15) is 19.3 Å². The first kappa shape index (κ1) is 98.1. The Kier molecular flexibility index (Phi) is 69.9. The highest BCUT2D eigenvalue weighted by Crippen LogP contribution is 2.45. The van der Waals surface area contributed by atoms with Crippen LogP contribution < -0.4 is 0 Å². The van der Waals surface area contributed by atoms with E-state index < -0.39 is 97.5 Å². The summed E-state index contributed by atoms with van der Waals surface area (Å²) in [5, 5.41) is 10.6. The van der Waals surface area contributed by atoms with Crippen LogP contribution in [0.2, 0.25) is 0 Å². The van der Waals surface area contributed by atoms with Crippen molar-refractivity contribution in [2.24, 2.45) is 17.8 Å². The number of phosphoric ester groups is 2. The number of carbonyl (C=O) groups excluding carboxylic acids is 4. The number of carbonyl (C=O) groups is 4. The van der Waals surface area contributed by atoms with Crippen molar-refractivity contribution >= 4 is 39.5 Å². The smallest absolute Gasteiger partial charge is 0.462 e. The second-order valence-electron chi connectivity index (χ2n) is 30.6. The predicted octanol–water partition coefficient (Wildman–Crippen LogP) is 24.1. The normalized spacial score (nSPS) is 14.0. The standard InChI is InChI=1S/C81H158O17P2/c1-8-9-10-11-12-13-14-15-16-22-25-30-35-40-48-55-62-78(83)91-68-76(97-80(85)64-57-50-41-36-31-26-23-20-18-17-19-21-24-28-33-38-45-52-59-72(2)3)70-95-99(87,88)93-66-75(82)67-94-100(89,90)96-71-77(69-92-79(84)63-56-49-44-43-47-54-61-74(6)7)98-81(86)65-58-51-42-37-32-27-29-34-39-46-53-60-73(4)5/h72-77,82H,8-71H2,1-7H3,(H,87,88)(H,89,90)/t75-,76-,77-/m1/s1. The van der Waals surface area contributed by atoms with E-state index in [4.69, 9.17) is 37.0 Å². The number of ether oxygens (including phenoxy) is 4. The van der Waals surface area contributed by atoms with E-state index in [0.717, 1.165) is 108 Å². The largest absolute Gasteiger partial charge is 0.472 e. The molecular formula is C81H158O17P2. The Bertz CT molecular complexity index is 1940. The lowest BCUT2D eigenvalue weighted by molar-refractivity contribution is -0.161. The van der Waals surface area contributed by atoms with Crippen LogP contribution >= 0.6 is 15.6 Å². The average Bonchev–Trinajstić information content (AvgIpc) is 0.932. The molecule has 3 N–H and O–H groups in total. The van der Waals surface area contributed by atoms with E-state index in [9.17, 15) is 43.2 Å². The third-order valence-corrected chi connectivity index (χ3v) is 20.8. The van der Waals surface area contributed by atoms with Crippen molar-refractivity contribution in [3.8, 4) is 0 Å². The lowest BCUT2D eigenvalue weighted by Crippen LogP contribution is -2.30. The van der Waals surface area contributed by atoms with Crippen LogP contribution in [0.3, 0.4) is 0 Å². The summed E-state index contributed by atoms with van der Waals surface area (Å²) in [5.41, 5.74) is 0. The van der Waals surface area contributed by atoms with Gasteiger partial charge >= 0.3 is 39.5 Å². The Labute approximate surface area is 613 Å². The van der Waals surface area contributed by atoms with Crippen LogP contribution in [-0.4, -0.2) is 96.7 Å². The SMILES string of the molecule is CCCCCCCCCCCCCCCCCCC(=O)OC[C@H](COP(=O)(O)OC[C@@H](O)COP(=O)(O)OC[C@@H](COC(=O)CCCCCCCCC(C)C)OC(=O)CCCCCCCCCCCCCC(C)C)OC(=O)CCCCCCCCCCCCCCCCCCCCC(C)C. The summed E-state index contributed by atoms with van der Waals surface area (Å²) in [6.07, 6.45) is 59.9. The molecule has 0 saturated carbocycles. The topological polar surface area (TPSA) is 237 Å². The van der Waals surface area contributed by atoms with Gasteiger partial charge in [0.2, 0.25) is 0 Å². The number of rotatable bonds is 79. The van der Waals surface area contributed by atoms with Gasteiger partial charge in [-0.25, -0.2) is 9.13 Å². The van der Waals surface area contributed by atoms with Crippen molar-refractivity contribution in [2.45, 2.75) is 439 Å². The number of hydrogen-bond donors (Lipinski definition) is 3. The van der Waals surface area contributed by atoms with Gasteiger partial charge in [-0.15, -0.1) is 0 Å². The minimum atomic E-state index is -4.96. The van der Waals surface area contributed by atoms with Crippen molar-refractivity contribution in [1.29, 1.82) is 0 Å². The molecule has 0 saturated heterocycles. The van der Waals surface area contributed by atoms with Crippen molar-refractivity contribution in [3.63, 3.8) is 0 Å². The van der Waals surface area contributed by atoms with Gasteiger partial charge in [-0.3, -0.25) is 37.3 Å². The van der Waals surface area contributed by atoms with E-state index >= 15 is 0 Å². The van der Waals surface area contributed by atoms with E-state index in [1.165, 1.54) is 225 Å². The van der Waals surface area contributed by atoms with Gasteiger partial charge in [-0.1, -0.05) is 370 Å². The van der Waals surface area contributed by atoms with Crippen molar-refractivity contribution in [1.82, 2.24) is 0 Å². The van der Waals surface area contributed by atoms with E-state index in [0.29, 0.717) is 31.6 Å². The van der Waals surface area contributed by atoms with Crippen LogP contribution in [0.1, 0.15) is 421 Å².